The molecule has 0 heterocycles. The molecule has 0 saturated heterocycles. The maximum absolute atomic E-state index is 13.1. The van der Waals surface area contributed by atoms with Crippen molar-refractivity contribution in [3.8, 4) is 5.75 Å². The molecule has 3 N–H and O–H groups in total. The molecule has 0 radical (unpaired) electrons. The van der Waals surface area contributed by atoms with E-state index in [1.165, 1.54) is 0 Å². The molecule has 2 aromatic carbocycles. The van der Waals surface area contributed by atoms with E-state index in [0.717, 1.165) is 31.2 Å². The summed E-state index contributed by atoms with van der Waals surface area (Å²) in [4.78, 5) is 0. The fourth-order valence-corrected chi connectivity index (χ4v) is 3.98. The minimum atomic E-state index is -4.89. The fraction of sp³-hybridized carbons (Fsp3) is 0.417. The number of alkyl halides is 6. The number of hydrogen-bond acceptors (Lipinski definition) is 3. The maximum atomic E-state index is 13.1. The first-order valence-corrected chi connectivity index (χ1v) is 10.7. The highest BCUT2D eigenvalue weighted by molar-refractivity contribution is 5.63. The summed E-state index contributed by atoms with van der Waals surface area (Å²) in [5.41, 5.74) is -2.09. The molecule has 1 fully saturated rings. The lowest BCUT2D eigenvalue weighted by molar-refractivity contribution is -0.143. The molecule has 3 rings (SSSR count). The Bertz CT molecular complexity index is 930. The van der Waals surface area contributed by atoms with Crippen molar-refractivity contribution in [2.24, 2.45) is 5.92 Å². The lowest BCUT2D eigenvalue weighted by Crippen LogP contribution is -2.35. The zero-order valence-electron chi connectivity index (χ0n) is 17.9. The van der Waals surface area contributed by atoms with Gasteiger partial charge in [0, 0.05) is 30.4 Å². The Hall–Kier alpha value is -2.68. The van der Waals surface area contributed by atoms with E-state index in [-0.39, 0.29) is 35.0 Å². The van der Waals surface area contributed by atoms with Crippen molar-refractivity contribution in [3.05, 3.63) is 71.3 Å². The van der Waals surface area contributed by atoms with Gasteiger partial charge in [0.1, 0.15) is 5.75 Å². The number of benzene rings is 2. The third kappa shape index (κ3) is 6.90. The van der Waals surface area contributed by atoms with E-state index in [2.05, 4.69) is 17.2 Å². The molecule has 1 aliphatic carbocycles. The molecule has 0 aliphatic heterocycles. The minimum Gasteiger partial charge on any atom is -0.508 e. The number of halogens is 6. The lowest BCUT2D eigenvalue weighted by atomic mass is 9.85. The normalized spacial score (nSPS) is 19.3. The monoisotopic (exact) mass is 472 g/mol. The van der Waals surface area contributed by atoms with Crippen molar-refractivity contribution in [1.29, 1.82) is 0 Å². The molecule has 3 nitrogen and oxygen atoms in total. The van der Waals surface area contributed by atoms with Crippen LogP contribution in [0.3, 0.4) is 0 Å². The number of phenolic OH excluding ortho intramolecular Hbond substituents is 1. The summed E-state index contributed by atoms with van der Waals surface area (Å²) in [5.74, 6) is 0.475. The quantitative estimate of drug-likeness (QED) is 0.412. The highest BCUT2D eigenvalue weighted by Gasteiger charge is 2.37. The summed E-state index contributed by atoms with van der Waals surface area (Å²) in [5, 5.41) is 16.2. The first-order valence-electron chi connectivity index (χ1n) is 10.7. The van der Waals surface area contributed by atoms with E-state index in [1.54, 1.807) is 12.1 Å². The van der Waals surface area contributed by atoms with Crippen LogP contribution in [-0.4, -0.2) is 17.7 Å². The minimum absolute atomic E-state index is 0.0337. The standard InChI is InChI=1S/C24H26F6N2O/c1-15(18-10-19(23(25,26)27)12-20(11-18)24(28,29)30)31-13-16-6-8-21(9-7-16)32-14-17-4-2-3-5-22(17)33/h2-5,10-12,16,21,31-33H,1,6-9,13-14H2/t16-,21+. The van der Waals surface area contributed by atoms with Crippen molar-refractivity contribution in [2.75, 3.05) is 6.54 Å². The molecule has 1 aliphatic rings. The second-order valence-electron chi connectivity index (χ2n) is 8.38. The number of hydrogen-bond donors (Lipinski definition) is 3. The third-order valence-electron chi connectivity index (χ3n) is 5.96. The molecule has 0 amide bonds. The number of nitrogens with one attached hydrogen (secondary N) is 2. The SMILES string of the molecule is C=C(NC[C@H]1CC[C@@H](NCc2ccccc2O)CC1)c1cc(C(F)(F)F)cc(C(F)(F)F)c1. The Morgan fingerprint density at radius 3 is 2.03 bits per heavy atom. The molecule has 180 valence electrons. The average molecular weight is 472 g/mol. The van der Waals surface area contributed by atoms with Gasteiger partial charge in [-0.15, -0.1) is 0 Å². The van der Waals surface area contributed by atoms with Crippen molar-refractivity contribution < 1.29 is 31.4 Å². The van der Waals surface area contributed by atoms with Gasteiger partial charge in [0.2, 0.25) is 0 Å². The molecule has 0 aromatic heterocycles. The summed E-state index contributed by atoms with van der Waals surface area (Å²) in [6.07, 6.45) is -6.30. The number of para-hydroxylation sites is 1. The highest BCUT2D eigenvalue weighted by Crippen LogP contribution is 2.37. The van der Waals surface area contributed by atoms with E-state index in [1.807, 2.05) is 12.1 Å². The van der Waals surface area contributed by atoms with E-state index in [4.69, 9.17) is 0 Å². The number of phenols is 1. The maximum Gasteiger partial charge on any atom is 0.416 e. The van der Waals surface area contributed by atoms with Gasteiger partial charge in [0.05, 0.1) is 11.1 Å². The van der Waals surface area contributed by atoms with Crippen LogP contribution in [0.5, 0.6) is 5.75 Å². The molecule has 9 heteroatoms. The number of rotatable bonds is 7. The molecule has 0 atom stereocenters. The summed E-state index contributed by atoms with van der Waals surface area (Å²) >= 11 is 0. The van der Waals surface area contributed by atoms with E-state index >= 15 is 0 Å². The first kappa shape index (κ1) is 25.0. The molecular formula is C24H26F6N2O. The fourth-order valence-electron chi connectivity index (χ4n) is 3.98. The van der Waals surface area contributed by atoms with Crippen LogP contribution in [0.25, 0.3) is 5.70 Å². The van der Waals surface area contributed by atoms with Crippen LogP contribution in [-0.2, 0) is 18.9 Å². The Morgan fingerprint density at radius 1 is 0.909 bits per heavy atom. The van der Waals surface area contributed by atoms with Gasteiger partial charge in [-0.25, -0.2) is 0 Å². The summed E-state index contributed by atoms with van der Waals surface area (Å²) < 4.78 is 78.4. The van der Waals surface area contributed by atoms with Crippen LogP contribution in [0.4, 0.5) is 26.3 Å². The Kier molecular flexibility index (Phi) is 7.62. The molecular weight excluding hydrogens is 446 g/mol. The average Bonchev–Trinajstić information content (AvgIpc) is 2.76. The Morgan fingerprint density at radius 2 is 1.48 bits per heavy atom. The first-order chi connectivity index (χ1) is 15.4. The summed E-state index contributed by atoms with van der Waals surface area (Å²) in [7, 11) is 0. The second kappa shape index (κ2) is 10.1. The van der Waals surface area contributed by atoms with Crippen molar-refractivity contribution >= 4 is 5.70 Å². The number of aromatic hydroxyl groups is 1. The topological polar surface area (TPSA) is 44.3 Å². The summed E-state index contributed by atoms with van der Waals surface area (Å²) in [6.45, 7) is 4.63. The predicted octanol–water partition coefficient (Wildman–Crippen LogP) is 6.34. The van der Waals surface area contributed by atoms with E-state index in [0.29, 0.717) is 25.2 Å². The van der Waals surface area contributed by atoms with Gasteiger partial charge >= 0.3 is 12.4 Å². The van der Waals surface area contributed by atoms with Crippen molar-refractivity contribution in [2.45, 2.75) is 50.6 Å². The highest BCUT2D eigenvalue weighted by atomic mass is 19.4. The van der Waals surface area contributed by atoms with Crippen LogP contribution >= 0.6 is 0 Å². The van der Waals surface area contributed by atoms with Crippen LogP contribution in [0.2, 0.25) is 0 Å². The zero-order valence-corrected chi connectivity index (χ0v) is 17.9. The predicted molar refractivity (Wildman–Crippen MR) is 114 cm³/mol. The Balaban J connectivity index is 1.53. The molecule has 1 saturated carbocycles. The van der Waals surface area contributed by atoms with Crippen LogP contribution in [0.15, 0.2) is 49.0 Å². The van der Waals surface area contributed by atoms with Crippen LogP contribution in [0, 0.1) is 5.92 Å². The van der Waals surface area contributed by atoms with Gasteiger partial charge < -0.3 is 15.7 Å². The molecule has 0 unspecified atom stereocenters. The van der Waals surface area contributed by atoms with Gasteiger partial charge in [0.25, 0.3) is 0 Å². The largest absolute Gasteiger partial charge is 0.508 e. The Labute approximate surface area is 188 Å². The van der Waals surface area contributed by atoms with Gasteiger partial charge in [-0.2, -0.15) is 26.3 Å². The summed E-state index contributed by atoms with van der Waals surface area (Å²) in [6, 6.07) is 8.86. The van der Waals surface area contributed by atoms with Crippen molar-refractivity contribution in [3.63, 3.8) is 0 Å². The van der Waals surface area contributed by atoms with E-state index in [9.17, 15) is 31.4 Å². The zero-order chi connectivity index (χ0) is 24.2. The molecule has 0 bridgehead atoms. The van der Waals surface area contributed by atoms with Gasteiger partial charge in [-0.1, -0.05) is 24.8 Å². The molecule has 33 heavy (non-hydrogen) atoms. The van der Waals surface area contributed by atoms with Crippen molar-refractivity contribution in [1.82, 2.24) is 10.6 Å². The van der Waals surface area contributed by atoms with Gasteiger partial charge in [-0.05, 0) is 61.4 Å². The molecule has 2 aromatic rings. The molecule has 0 spiro atoms. The lowest BCUT2D eigenvalue weighted by Gasteiger charge is -2.30. The smallest absolute Gasteiger partial charge is 0.416 e. The van der Waals surface area contributed by atoms with Crippen LogP contribution < -0.4 is 10.6 Å². The second-order valence-corrected chi connectivity index (χ2v) is 8.38. The third-order valence-corrected chi connectivity index (χ3v) is 5.96. The van der Waals surface area contributed by atoms with Gasteiger partial charge in [0.15, 0.2) is 0 Å². The van der Waals surface area contributed by atoms with Gasteiger partial charge in [-0.3, -0.25) is 0 Å². The van der Waals surface area contributed by atoms with Crippen LogP contribution in [0.1, 0.15) is 47.9 Å². The van der Waals surface area contributed by atoms with E-state index < -0.39 is 23.5 Å².